The quantitative estimate of drug-likeness (QED) is 0.715. The summed E-state index contributed by atoms with van der Waals surface area (Å²) in [5.74, 6) is 1.00. The molecule has 0 spiro atoms. The van der Waals surface area contributed by atoms with Crippen molar-refractivity contribution in [2.75, 3.05) is 13.1 Å². The molecule has 1 saturated heterocycles. The van der Waals surface area contributed by atoms with Gasteiger partial charge in [0.2, 0.25) is 5.91 Å². The Morgan fingerprint density at radius 1 is 1.33 bits per heavy atom. The van der Waals surface area contributed by atoms with Gasteiger partial charge in [0.05, 0.1) is 5.38 Å². The Morgan fingerprint density at radius 3 is 2.56 bits per heavy atom. The SMILES string of the molecule is CC(C)CC1(C(=O)N2CCCC(Cl)C2)CCCC1. The lowest BCUT2D eigenvalue weighted by Gasteiger charge is -2.38. The van der Waals surface area contributed by atoms with Crippen LogP contribution in [0.25, 0.3) is 0 Å². The van der Waals surface area contributed by atoms with Crippen molar-refractivity contribution in [2.24, 2.45) is 11.3 Å². The first-order valence-electron chi connectivity index (χ1n) is 7.47. The summed E-state index contributed by atoms with van der Waals surface area (Å²) < 4.78 is 0. The molecule has 18 heavy (non-hydrogen) atoms. The molecule has 0 bridgehead atoms. The fraction of sp³-hybridized carbons (Fsp3) is 0.933. The van der Waals surface area contributed by atoms with Gasteiger partial charge in [-0.2, -0.15) is 0 Å². The van der Waals surface area contributed by atoms with E-state index in [9.17, 15) is 4.79 Å². The highest BCUT2D eigenvalue weighted by Gasteiger charge is 2.44. The maximum absolute atomic E-state index is 12.9. The number of amides is 1. The van der Waals surface area contributed by atoms with Gasteiger partial charge in [0, 0.05) is 18.5 Å². The molecular formula is C15H26ClNO. The van der Waals surface area contributed by atoms with Gasteiger partial charge in [-0.3, -0.25) is 4.79 Å². The first-order chi connectivity index (χ1) is 8.53. The van der Waals surface area contributed by atoms with Gasteiger partial charge < -0.3 is 4.90 Å². The first-order valence-corrected chi connectivity index (χ1v) is 7.90. The summed E-state index contributed by atoms with van der Waals surface area (Å²) in [6, 6.07) is 0. The third kappa shape index (κ3) is 3.01. The van der Waals surface area contributed by atoms with Crippen LogP contribution in [0, 0.1) is 11.3 Å². The third-order valence-corrected chi connectivity index (χ3v) is 4.82. The van der Waals surface area contributed by atoms with Crippen molar-refractivity contribution in [3.8, 4) is 0 Å². The second kappa shape index (κ2) is 5.81. The van der Waals surface area contributed by atoms with Crippen LogP contribution in [0.4, 0.5) is 0 Å². The topological polar surface area (TPSA) is 20.3 Å². The molecule has 2 nitrogen and oxygen atoms in total. The van der Waals surface area contributed by atoms with Crippen molar-refractivity contribution in [1.29, 1.82) is 0 Å². The summed E-state index contributed by atoms with van der Waals surface area (Å²) in [4.78, 5) is 14.9. The van der Waals surface area contributed by atoms with E-state index in [0.717, 1.165) is 45.2 Å². The molecule has 104 valence electrons. The number of halogens is 1. The molecule has 0 radical (unpaired) electrons. The van der Waals surface area contributed by atoms with Gasteiger partial charge in [-0.25, -0.2) is 0 Å². The minimum atomic E-state index is -0.0535. The number of carbonyl (C=O) groups is 1. The van der Waals surface area contributed by atoms with Crippen LogP contribution in [-0.2, 0) is 4.79 Å². The van der Waals surface area contributed by atoms with Gasteiger partial charge in [-0.1, -0.05) is 26.7 Å². The van der Waals surface area contributed by atoms with Gasteiger partial charge in [-0.15, -0.1) is 11.6 Å². The second-order valence-electron chi connectivity index (χ2n) is 6.58. The van der Waals surface area contributed by atoms with Crippen molar-refractivity contribution in [2.45, 2.75) is 64.2 Å². The van der Waals surface area contributed by atoms with E-state index in [1.165, 1.54) is 12.8 Å². The van der Waals surface area contributed by atoms with Crippen LogP contribution in [-0.4, -0.2) is 29.3 Å². The van der Waals surface area contributed by atoms with Crippen LogP contribution < -0.4 is 0 Å². The zero-order chi connectivity index (χ0) is 13.2. The van der Waals surface area contributed by atoms with E-state index >= 15 is 0 Å². The molecule has 0 aromatic heterocycles. The standard InChI is InChI=1S/C15H26ClNO/c1-12(2)10-15(7-3-4-8-15)14(18)17-9-5-6-13(16)11-17/h12-13H,3-11H2,1-2H3. The molecule has 1 amide bonds. The lowest BCUT2D eigenvalue weighted by molar-refractivity contribution is -0.143. The number of piperidine rings is 1. The summed E-state index contributed by atoms with van der Waals surface area (Å²) in [7, 11) is 0. The smallest absolute Gasteiger partial charge is 0.228 e. The van der Waals surface area contributed by atoms with Crippen molar-refractivity contribution in [1.82, 2.24) is 4.90 Å². The molecule has 3 heteroatoms. The van der Waals surface area contributed by atoms with Crippen LogP contribution in [0.3, 0.4) is 0 Å². The fourth-order valence-corrected chi connectivity index (χ4v) is 4.10. The van der Waals surface area contributed by atoms with E-state index in [2.05, 4.69) is 18.7 Å². The number of carbonyl (C=O) groups excluding carboxylic acids is 1. The molecule has 2 rings (SSSR count). The van der Waals surface area contributed by atoms with Crippen LogP contribution >= 0.6 is 11.6 Å². The first kappa shape index (κ1) is 14.2. The van der Waals surface area contributed by atoms with Gasteiger partial charge >= 0.3 is 0 Å². The highest BCUT2D eigenvalue weighted by molar-refractivity contribution is 6.20. The summed E-state index contributed by atoms with van der Waals surface area (Å²) >= 11 is 6.22. The van der Waals surface area contributed by atoms with Gasteiger partial charge in [0.15, 0.2) is 0 Å². The Morgan fingerprint density at radius 2 is 2.00 bits per heavy atom. The number of hydrogen-bond acceptors (Lipinski definition) is 1. The van der Waals surface area contributed by atoms with Crippen molar-refractivity contribution >= 4 is 17.5 Å². The fourth-order valence-electron chi connectivity index (χ4n) is 3.78. The molecule has 0 N–H and O–H groups in total. The highest BCUT2D eigenvalue weighted by atomic mass is 35.5. The van der Waals surface area contributed by atoms with Crippen LogP contribution in [0.1, 0.15) is 58.8 Å². The average Bonchev–Trinajstić information content (AvgIpc) is 2.77. The Labute approximate surface area is 116 Å². The van der Waals surface area contributed by atoms with Crippen LogP contribution in [0.15, 0.2) is 0 Å². The highest BCUT2D eigenvalue weighted by Crippen LogP contribution is 2.45. The molecule has 1 atom stereocenters. The zero-order valence-corrected chi connectivity index (χ0v) is 12.5. The molecule has 2 fully saturated rings. The Bertz CT molecular complexity index is 297. The number of hydrogen-bond donors (Lipinski definition) is 0. The monoisotopic (exact) mass is 271 g/mol. The Balaban J connectivity index is 2.08. The summed E-state index contributed by atoms with van der Waals surface area (Å²) in [6.07, 6.45) is 7.80. The van der Waals surface area contributed by atoms with E-state index in [1.54, 1.807) is 0 Å². The lowest BCUT2D eigenvalue weighted by atomic mass is 9.77. The predicted molar refractivity (Wildman–Crippen MR) is 75.8 cm³/mol. The molecule has 0 aromatic carbocycles. The molecular weight excluding hydrogens is 246 g/mol. The van der Waals surface area contributed by atoms with Crippen molar-refractivity contribution in [3.63, 3.8) is 0 Å². The molecule has 1 aliphatic carbocycles. The van der Waals surface area contributed by atoms with E-state index in [-0.39, 0.29) is 10.8 Å². The van der Waals surface area contributed by atoms with Gasteiger partial charge in [-0.05, 0) is 38.0 Å². The summed E-state index contributed by atoms with van der Waals surface area (Å²) in [5.41, 5.74) is -0.0535. The van der Waals surface area contributed by atoms with Gasteiger partial charge in [0.25, 0.3) is 0 Å². The normalized spacial score (nSPS) is 27.8. The molecule has 1 unspecified atom stereocenters. The molecule has 0 aromatic rings. The molecule has 1 heterocycles. The number of alkyl halides is 1. The summed E-state index contributed by atoms with van der Waals surface area (Å²) in [5, 5.41) is 0.167. The van der Waals surface area contributed by atoms with Crippen molar-refractivity contribution < 1.29 is 4.79 Å². The van der Waals surface area contributed by atoms with Gasteiger partial charge in [0.1, 0.15) is 0 Å². The number of likely N-dealkylation sites (tertiary alicyclic amines) is 1. The minimum Gasteiger partial charge on any atom is -0.341 e. The predicted octanol–water partition coefficient (Wildman–Crippen LogP) is 3.82. The number of rotatable bonds is 3. The zero-order valence-electron chi connectivity index (χ0n) is 11.8. The Kier molecular flexibility index (Phi) is 4.58. The third-order valence-electron chi connectivity index (χ3n) is 4.46. The lowest BCUT2D eigenvalue weighted by Crippen LogP contribution is -2.48. The molecule has 2 aliphatic rings. The van der Waals surface area contributed by atoms with E-state index < -0.39 is 0 Å². The maximum atomic E-state index is 12.9. The average molecular weight is 272 g/mol. The van der Waals surface area contributed by atoms with Crippen LogP contribution in [0.5, 0.6) is 0 Å². The number of nitrogens with zero attached hydrogens (tertiary/aromatic N) is 1. The van der Waals surface area contributed by atoms with E-state index in [1.807, 2.05) is 0 Å². The second-order valence-corrected chi connectivity index (χ2v) is 7.19. The van der Waals surface area contributed by atoms with Crippen LogP contribution in [0.2, 0.25) is 0 Å². The Hall–Kier alpha value is -0.240. The molecule has 1 saturated carbocycles. The summed E-state index contributed by atoms with van der Waals surface area (Å²) in [6.45, 7) is 6.14. The van der Waals surface area contributed by atoms with Crippen molar-refractivity contribution in [3.05, 3.63) is 0 Å². The minimum absolute atomic E-state index is 0.0535. The molecule has 1 aliphatic heterocycles. The largest absolute Gasteiger partial charge is 0.341 e. The van der Waals surface area contributed by atoms with E-state index in [4.69, 9.17) is 11.6 Å². The maximum Gasteiger partial charge on any atom is 0.228 e. The van der Waals surface area contributed by atoms with E-state index in [0.29, 0.717) is 11.8 Å².